The molecule has 0 radical (unpaired) electrons. The molecule has 0 aliphatic rings. The van der Waals surface area contributed by atoms with Crippen molar-refractivity contribution in [2.45, 2.75) is 0 Å². The summed E-state index contributed by atoms with van der Waals surface area (Å²) in [6, 6.07) is 6.11. The molecule has 0 atom stereocenters. The van der Waals surface area contributed by atoms with Gasteiger partial charge in [0.1, 0.15) is 0 Å². The van der Waals surface area contributed by atoms with E-state index in [1.807, 2.05) is 0 Å². The largest absolute Gasteiger partial charge is 1.00 e. The van der Waals surface area contributed by atoms with Crippen molar-refractivity contribution >= 4 is 28.1 Å². The van der Waals surface area contributed by atoms with E-state index in [1.54, 1.807) is 12.1 Å². The Balaban J connectivity index is 0.00000121. The molecule has 3 N–H and O–H groups in total. The molecule has 60 valence electrons. The van der Waals surface area contributed by atoms with Gasteiger partial charge in [0.15, 0.2) is 0 Å². The van der Waals surface area contributed by atoms with Crippen LogP contribution in [0.4, 0.5) is 0 Å². The van der Waals surface area contributed by atoms with Crippen molar-refractivity contribution in [1.29, 1.82) is 0 Å². The zero-order chi connectivity index (χ0) is 8.48. The van der Waals surface area contributed by atoms with Gasteiger partial charge in [0, 0.05) is 4.47 Å². The summed E-state index contributed by atoms with van der Waals surface area (Å²) in [7, 11) is 0. The van der Waals surface area contributed by atoms with Crippen LogP contribution in [-0.2, 0) is 0 Å². The van der Waals surface area contributed by atoms with Crippen molar-refractivity contribution in [2.75, 3.05) is 0 Å². The molecule has 1 aromatic carbocycles. The van der Waals surface area contributed by atoms with E-state index < -0.39 is 6.75 Å². The Morgan fingerprint density at radius 2 is 1.42 bits per heavy atom. The minimum atomic E-state index is -3.34. The average Bonchev–Trinajstić information content (AvgIpc) is 1.86. The summed E-state index contributed by atoms with van der Waals surface area (Å²) in [6.07, 6.45) is 0. The molecule has 0 spiro atoms. The molecular weight excluding hydrogens is 234 g/mol. The van der Waals surface area contributed by atoms with E-state index in [4.69, 9.17) is 15.1 Å². The second-order valence-corrected chi connectivity index (χ2v) is 3.20. The standard InChI is InChI=1S/C6H7BBrO3.Na/c8-6-3-1-5(2-4-6)7(9,10)11;/h1-4,9-11H;/q-1;+1. The first-order valence-electron chi connectivity index (χ1n) is 3.07. The Labute approximate surface area is 101 Å². The number of benzene rings is 1. The Morgan fingerprint density at radius 3 is 1.75 bits per heavy atom. The fraction of sp³-hybridized carbons (Fsp3) is 0. The van der Waals surface area contributed by atoms with E-state index in [0.717, 1.165) is 4.47 Å². The Hall–Kier alpha value is 0.645. The van der Waals surface area contributed by atoms with Crippen LogP contribution in [0.2, 0.25) is 0 Å². The summed E-state index contributed by atoms with van der Waals surface area (Å²) in [5, 5.41) is 26.2. The summed E-state index contributed by atoms with van der Waals surface area (Å²) >= 11 is 3.17. The maximum atomic E-state index is 8.74. The van der Waals surface area contributed by atoms with Crippen molar-refractivity contribution in [2.24, 2.45) is 0 Å². The molecule has 0 fully saturated rings. The molecule has 0 heterocycles. The van der Waals surface area contributed by atoms with Gasteiger partial charge in [-0.25, -0.2) is 0 Å². The van der Waals surface area contributed by atoms with E-state index in [0.29, 0.717) is 0 Å². The Bertz CT molecular complexity index is 246. The third kappa shape index (κ3) is 3.57. The molecule has 1 aromatic rings. The van der Waals surface area contributed by atoms with Crippen LogP contribution in [0.25, 0.3) is 0 Å². The van der Waals surface area contributed by atoms with Gasteiger partial charge in [-0.2, -0.15) is 0 Å². The van der Waals surface area contributed by atoms with Gasteiger partial charge in [-0.3, -0.25) is 0 Å². The third-order valence-corrected chi connectivity index (χ3v) is 1.85. The van der Waals surface area contributed by atoms with Crippen LogP contribution in [0.1, 0.15) is 0 Å². The third-order valence-electron chi connectivity index (χ3n) is 1.32. The summed E-state index contributed by atoms with van der Waals surface area (Å²) in [5.41, 5.74) is 0.105. The molecule has 0 unspecified atom stereocenters. The molecule has 0 aliphatic carbocycles. The molecule has 6 heteroatoms. The molecule has 1 rings (SSSR count). The topological polar surface area (TPSA) is 60.7 Å². The second kappa shape index (κ2) is 4.76. The van der Waals surface area contributed by atoms with Gasteiger partial charge in [-0.05, 0) is 0 Å². The Kier molecular flexibility index (Phi) is 5.02. The zero-order valence-electron chi connectivity index (χ0n) is 6.61. The van der Waals surface area contributed by atoms with Crippen LogP contribution in [0.5, 0.6) is 0 Å². The Morgan fingerprint density at radius 1 is 1.00 bits per heavy atom. The van der Waals surface area contributed by atoms with Gasteiger partial charge in [0.25, 0.3) is 0 Å². The van der Waals surface area contributed by atoms with Crippen LogP contribution >= 0.6 is 15.9 Å². The number of rotatable bonds is 1. The van der Waals surface area contributed by atoms with E-state index in [-0.39, 0.29) is 35.0 Å². The van der Waals surface area contributed by atoms with Crippen molar-refractivity contribution in [1.82, 2.24) is 0 Å². The maximum absolute atomic E-state index is 8.74. The summed E-state index contributed by atoms with van der Waals surface area (Å²) < 4.78 is 0.821. The monoisotopic (exact) mass is 240 g/mol. The van der Waals surface area contributed by atoms with Gasteiger partial charge in [-0.15, -0.1) is 5.46 Å². The van der Waals surface area contributed by atoms with Crippen LogP contribution < -0.4 is 35.0 Å². The SMILES string of the molecule is O[B-](O)(O)c1ccc(Br)cc1.[Na+]. The summed E-state index contributed by atoms with van der Waals surface area (Å²) in [4.78, 5) is 0. The van der Waals surface area contributed by atoms with E-state index >= 15 is 0 Å². The van der Waals surface area contributed by atoms with Gasteiger partial charge in [0.05, 0.1) is 0 Å². The quantitative estimate of drug-likeness (QED) is 0.448. The number of hydrogen-bond donors (Lipinski definition) is 3. The molecule has 0 amide bonds. The van der Waals surface area contributed by atoms with Crippen LogP contribution in [0, 0.1) is 0 Å². The number of halogens is 1. The predicted molar refractivity (Wildman–Crippen MR) is 46.2 cm³/mol. The molecule has 3 nitrogen and oxygen atoms in total. The average molecular weight is 241 g/mol. The molecule has 0 aliphatic heterocycles. The van der Waals surface area contributed by atoms with Crippen LogP contribution in [0.3, 0.4) is 0 Å². The zero-order valence-corrected chi connectivity index (χ0v) is 10.2. The van der Waals surface area contributed by atoms with Crippen molar-refractivity contribution in [3.05, 3.63) is 28.7 Å². The smallest absolute Gasteiger partial charge is 0.556 e. The van der Waals surface area contributed by atoms with Gasteiger partial charge in [-0.1, -0.05) is 40.2 Å². The van der Waals surface area contributed by atoms with E-state index in [1.165, 1.54) is 12.1 Å². The molecular formula is C6H7BBrNaO3. The second-order valence-electron chi connectivity index (χ2n) is 2.29. The molecule has 0 aromatic heterocycles. The summed E-state index contributed by atoms with van der Waals surface area (Å²) in [6.45, 7) is -3.34. The predicted octanol–water partition coefficient (Wildman–Crippen LogP) is -3.42. The van der Waals surface area contributed by atoms with E-state index in [2.05, 4.69) is 15.9 Å². The van der Waals surface area contributed by atoms with Crippen molar-refractivity contribution in [3.63, 3.8) is 0 Å². The first-order valence-corrected chi connectivity index (χ1v) is 3.87. The van der Waals surface area contributed by atoms with E-state index in [9.17, 15) is 0 Å². The summed E-state index contributed by atoms with van der Waals surface area (Å²) in [5.74, 6) is 0. The first-order chi connectivity index (χ1) is 5.00. The maximum Gasteiger partial charge on any atom is 1.00 e. The van der Waals surface area contributed by atoms with Gasteiger partial charge >= 0.3 is 36.3 Å². The van der Waals surface area contributed by atoms with Gasteiger partial charge in [0.2, 0.25) is 0 Å². The van der Waals surface area contributed by atoms with Crippen molar-refractivity contribution < 1.29 is 44.6 Å². The number of hydrogen-bond acceptors (Lipinski definition) is 3. The normalized spacial score (nSPS) is 10.7. The molecule has 0 saturated heterocycles. The van der Waals surface area contributed by atoms with Crippen LogP contribution in [0.15, 0.2) is 28.7 Å². The minimum absolute atomic E-state index is 0. The van der Waals surface area contributed by atoms with Crippen molar-refractivity contribution in [3.8, 4) is 0 Å². The molecule has 0 bridgehead atoms. The fourth-order valence-electron chi connectivity index (χ4n) is 0.721. The minimum Gasteiger partial charge on any atom is -0.556 e. The fourth-order valence-corrected chi connectivity index (χ4v) is 0.985. The van der Waals surface area contributed by atoms with Gasteiger partial charge < -0.3 is 15.1 Å². The molecule has 0 saturated carbocycles. The molecule has 12 heavy (non-hydrogen) atoms. The first kappa shape index (κ1) is 12.6. The van der Waals surface area contributed by atoms with Crippen LogP contribution in [-0.4, -0.2) is 21.8 Å².